The summed E-state index contributed by atoms with van der Waals surface area (Å²) >= 11 is 0. The molecule has 6 nitrogen and oxygen atoms in total. The molecule has 1 aromatic heterocycles. The van der Waals surface area contributed by atoms with Crippen molar-refractivity contribution in [2.24, 2.45) is 0 Å². The third-order valence-electron chi connectivity index (χ3n) is 4.31. The van der Waals surface area contributed by atoms with Crippen molar-refractivity contribution in [1.82, 2.24) is 9.88 Å². The van der Waals surface area contributed by atoms with Gasteiger partial charge in [-0.2, -0.15) is 0 Å². The lowest BCUT2D eigenvalue weighted by Crippen LogP contribution is -2.50. The molecule has 1 atom stereocenters. The first kappa shape index (κ1) is 15.9. The van der Waals surface area contributed by atoms with E-state index in [0.29, 0.717) is 19.0 Å². The lowest BCUT2D eigenvalue weighted by Gasteiger charge is -2.37. The molecule has 23 heavy (non-hydrogen) atoms. The van der Waals surface area contributed by atoms with Gasteiger partial charge in [-0.05, 0) is 26.8 Å². The first-order valence-electron chi connectivity index (χ1n) is 8.31. The van der Waals surface area contributed by atoms with E-state index in [2.05, 4.69) is 28.2 Å². The van der Waals surface area contributed by atoms with Crippen LogP contribution in [0.4, 0.5) is 16.3 Å². The molecular weight excluding hydrogens is 292 g/mol. The molecule has 1 unspecified atom stereocenters. The molecule has 1 N–H and O–H groups in total. The van der Waals surface area contributed by atoms with Gasteiger partial charge in [0.15, 0.2) is 0 Å². The van der Waals surface area contributed by atoms with Crippen molar-refractivity contribution in [3.8, 4) is 0 Å². The molecule has 1 saturated heterocycles. The Morgan fingerprint density at radius 3 is 2.65 bits per heavy atom. The second-order valence-corrected chi connectivity index (χ2v) is 7.33. The monoisotopic (exact) mass is 318 g/mol. The van der Waals surface area contributed by atoms with E-state index in [9.17, 15) is 4.79 Å². The normalized spacial score (nSPS) is 21.0. The van der Waals surface area contributed by atoms with Crippen LogP contribution in [0.3, 0.4) is 0 Å². The number of carbonyl (C=O) groups excluding carboxylic acids is 1. The number of amides is 1. The number of nitrogens with one attached hydrogen (secondary N) is 1. The van der Waals surface area contributed by atoms with E-state index >= 15 is 0 Å². The smallest absolute Gasteiger partial charge is 0.410 e. The molecule has 2 aliphatic heterocycles. The summed E-state index contributed by atoms with van der Waals surface area (Å²) in [6.45, 7) is 11.9. The van der Waals surface area contributed by atoms with Gasteiger partial charge in [0.1, 0.15) is 11.4 Å². The number of ether oxygens (including phenoxy) is 1. The molecular formula is C17H26N4O2. The zero-order chi connectivity index (χ0) is 16.6. The maximum absolute atomic E-state index is 12.2. The minimum Gasteiger partial charge on any atom is -0.444 e. The number of anilines is 2. The van der Waals surface area contributed by atoms with Gasteiger partial charge in [-0.1, -0.05) is 6.92 Å². The Morgan fingerprint density at radius 1 is 1.30 bits per heavy atom. The molecule has 126 valence electrons. The number of nitrogens with zero attached hydrogens (tertiary/aromatic N) is 3. The van der Waals surface area contributed by atoms with Crippen LogP contribution in [0.2, 0.25) is 0 Å². The fourth-order valence-corrected chi connectivity index (χ4v) is 3.17. The van der Waals surface area contributed by atoms with Crippen molar-refractivity contribution < 1.29 is 9.53 Å². The number of rotatable bonds is 1. The Hall–Kier alpha value is -1.98. The summed E-state index contributed by atoms with van der Waals surface area (Å²) in [4.78, 5) is 20.7. The van der Waals surface area contributed by atoms with Crippen LogP contribution in [0.5, 0.6) is 0 Å². The molecule has 0 bridgehead atoms. The number of hydrogen-bond acceptors (Lipinski definition) is 5. The summed E-state index contributed by atoms with van der Waals surface area (Å²) in [5, 5.41) is 3.36. The number of carbonyl (C=O) groups is 1. The Kier molecular flexibility index (Phi) is 4.08. The van der Waals surface area contributed by atoms with Crippen LogP contribution >= 0.6 is 0 Å². The molecule has 3 heterocycles. The molecule has 0 aliphatic carbocycles. The molecule has 0 spiro atoms. The second-order valence-electron chi connectivity index (χ2n) is 7.33. The van der Waals surface area contributed by atoms with Crippen molar-refractivity contribution in [2.75, 3.05) is 42.9 Å². The van der Waals surface area contributed by atoms with Crippen LogP contribution in [0.1, 0.15) is 39.2 Å². The van der Waals surface area contributed by atoms with Crippen molar-refractivity contribution in [2.45, 2.75) is 39.2 Å². The Morgan fingerprint density at radius 2 is 2.00 bits per heavy atom. The average Bonchev–Trinajstić information content (AvgIpc) is 2.87. The second kappa shape index (κ2) is 5.91. The maximum atomic E-state index is 12.2. The lowest BCUT2D eigenvalue weighted by atomic mass is 10.0. The van der Waals surface area contributed by atoms with Crippen LogP contribution in [0.15, 0.2) is 12.3 Å². The van der Waals surface area contributed by atoms with E-state index < -0.39 is 5.60 Å². The van der Waals surface area contributed by atoms with Gasteiger partial charge in [-0.25, -0.2) is 9.78 Å². The van der Waals surface area contributed by atoms with Crippen LogP contribution in [-0.4, -0.2) is 54.3 Å². The van der Waals surface area contributed by atoms with Crippen LogP contribution in [-0.2, 0) is 4.74 Å². The van der Waals surface area contributed by atoms with E-state index in [1.807, 2.05) is 27.0 Å². The van der Waals surface area contributed by atoms with Gasteiger partial charge in [0.2, 0.25) is 0 Å². The standard InChI is InChI=1S/C17H26N4O2/c1-12-11-19-15-14(12)13(5-6-18-15)20-7-9-21(10-8-20)16(22)23-17(2,3)4/h5-6,12H,7-11H2,1-4H3,(H,18,19). The fraction of sp³-hybridized carbons (Fsp3) is 0.647. The van der Waals surface area contributed by atoms with E-state index in [1.165, 1.54) is 11.3 Å². The largest absolute Gasteiger partial charge is 0.444 e. The first-order chi connectivity index (χ1) is 10.8. The first-order valence-corrected chi connectivity index (χ1v) is 8.31. The highest BCUT2D eigenvalue weighted by atomic mass is 16.6. The number of pyridine rings is 1. The van der Waals surface area contributed by atoms with Crippen LogP contribution < -0.4 is 10.2 Å². The van der Waals surface area contributed by atoms with Gasteiger partial charge in [-0.3, -0.25) is 0 Å². The highest BCUT2D eigenvalue weighted by Crippen LogP contribution is 2.37. The zero-order valence-corrected chi connectivity index (χ0v) is 14.4. The summed E-state index contributed by atoms with van der Waals surface area (Å²) in [5.41, 5.74) is 2.11. The minimum atomic E-state index is -0.443. The van der Waals surface area contributed by atoms with Crippen molar-refractivity contribution in [3.63, 3.8) is 0 Å². The molecule has 1 fully saturated rings. The summed E-state index contributed by atoms with van der Waals surface area (Å²) in [6.07, 6.45) is 1.64. The van der Waals surface area contributed by atoms with Gasteiger partial charge in [-0.15, -0.1) is 0 Å². The summed E-state index contributed by atoms with van der Waals surface area (Å²) in [7, 11) is 0. The summed E-state index contributed by atoms with van der Waals surface area (Å²) in [5.74, 6) is 1.47. The number of fused-ring (bicyclic) bond motifs is 1. The van der Waals surface area contributed by atoms with E-state index in [-0.39, 0.29) is 6.09 Å². The quantitative estimate of drug-likeness (QED) is 0.863. The molecule has 1 amide bonds. The van der Waals surface area contributed by atoms with Gasteiger partial charge >= 0.3 is 6.09 Å². The fourth-order valence-electron chi connectivity index (χ4n) is 3.17. The number of aromatic nitrogens is 1. The Labute approximate surface area is 137 Å². The van der Waals surface area contributed by atoms with Gasteiger partial charge in [0.05, 0.1) is 0 Å². The lowest BCUT2D eigenvalue weighted by molar-refractivity contribution is 0.0240. The molecule has 2 aliphatic rings. The highest BCUT2D eigenvalue weighted by molar-refractivity contribution is 5.70. The highest BCUT2D eigenvalue weighted by Gasteiger charge is 2.29. The molecule has 0 radical (unpaired) electrons. The van der Waals surface area contributed by atoms with Gasteiger partial charge in [0.25, 0.3) is 0 Å². The van der Waals surface area contributed by atoms with E-state index in [4.69, 9.17) is 4.74 Å². The number of hydrogen-bond donors (Lipinski definition) is 1. The third kappa shape index (κ3) is 3.35. The molecule has 6 heteroatoms. The van der Waals surface area contributed by atoms with Crippen LogP contribution in [0.25, 0.3) is 0 Å². The van der Waals surface area contributed by atoms with Gasteiger partial charge < -0.3 is 19.9 Å². The molecule has 3 rings (SSSR count). The van der Waals surface area contributed by atoms with E-state index in [0.717, 1.165) is 25.5 Å². The predicted octanol–water partition coefficient (Wildman–Crippen LogP) is 2.67. The Bertz CT molecular complexity index is 589. The molecule has 0 saturated carbocycles. The van der Waals surface area contributed by atoms with Crippen molar-refractivity contribution in [3.05, 3.63) is 17.8 Å². The zero-order valence-electron chi connectivity index (χ0n) is 14.4. The minimum absolute atomic E-state index is 0.216. The third-order valence-corrected chi connectivity index (χ3v) is 4.31. The number of piperazine rings is 1. The average molecular weight is 318 g/mol. The SMILES string of the molecule is CC1CNc2nccc(N3CCN(C(=O)OC(C)(C)C)CC3)c21. The summed E-state index contributed by atoms with van der Waals surface area (Å²) < 4.78 is 5.46. The summed E-state index contributed by atoms with van der Waals surface area (Å²) in [6, 6.07) is 2.09. The molecule has 0 aromatic carbocycles. The van der Waals surface area contributed by atoms with Gasteiger partial charge in [0, 0.05) is 56.1 Å². The topological polar surface area (TPSA) is 57.7 Å². The van der Waals surface area contributed by atoms with Crippen molar-refractivity contribution in [1.29, 1.82) is 0 Å². The van der Waals surface area contributed by atoms with E-state index in [1.54, 1.807) is 4.90 Å². The maximum Gasteiger partial charge on any atom is 0.410 e. The van der Waals surface area contributed by atoms with Crippen LogP contribution in [0, 0.1) is 0 Å². The van der Waals surface area contributed by atoms with Crippen molar-refractivity contribution >= 4 is 17.6 Å². The predicted molar refractivity (Wildman–Crippen MR) is 91.2 cm³/mol. The molecule has 1 aromatic rings. The Balaban J connectivity index is 1.67.